The van der Waals surface area contributed by atoms with E-state index in [0.717, 1.165) is 51.1 Å². The van der Waals surface area contributed by atoms with Gasteiger partial charge in [-0.2, -0.15) is 0 Å². The van der Waals surface area contributed by atoms with Gasteiger partial charge in [0.1, 0.15) is 0 Å². The van der Waals surface area contributed by atoms with E-state index in [1.807, 2.05) is 7.05 Å². The van der Waals surface area contributed by atoms with Gasteiger partial charge in [0.25, 0.3) is 0 Å². The lowest BCUT2D eigenvalue weighted by molar-refractivity contribution is 0.128. The highest BCUT2D eigenvalue weighted by Crippen LogP contribution is 2.28. The molecule has 3 rings (SSSR count). The number of nitrogens with one attached hydrogen (secondary N) is 1. The van der Waals surface area contributed by atoms with Crippen molar-refractivity contribution < 1.29 is 4.74 Å². The van der Waals surface area contributed by atoms with E-state index in [1.54, 1.807) is 0 Å². The average Bonchev–Trinajstić information content (AvgIpc) is 3.35. The number of halogens is 1. The maximum absolute atomic E-state index is 5.66. The van der Waals surface area contributed by atoms with E-state index < -0.39 is 0 Å². The van der Waals surface area contributed by atoms with Crippen LogP contribution in [0.5, 0.6) is 0 Å². The summed E-state index contributed by atoms with van der Waals surface area (Å²) in [5.74, 6) is 1.82. The fraction of sp³-hybridized carbons (Fsp3) is 0.588. The molecule has 5 heteroatoms. The maximum atomic E-state index is 5.66. The summed E-state index contributed by atoms with van der Waals surface area (Å²) in [6, 6.07) is 8.69. The van der Waals surface area contributed by atoms with Crippen LogP contribution in [0.4, 0.5) is 0 Å². The molecule has 4 nitrogen and oxygen atoms in total. The number of hydrogen-bond acceptors (Lipinski definition) is 2. The van der Waals surface area contributed by atoms with Crippen LogP contribution in [0.1, 0.15) is 24.0 Å². The van der Waals surface area contributed by atoms with Gasteiger partial charge < -0.3 is 15.0 Å². The smallest absolute Gasteiger partial charge is 0.194 e. The predicted octanol–water partition coefficient (Wildman–Crippen LogP) is 2.66. The van der Waals surface area contributed by atoms with Crippen LogP contribution in [-0.4, -0.2) is 44.2 Å². The third kappa shape index (κ3) is 4.84. The number of ether oxygens (including phenoxy) is 1. The summed E-state index contributed by atoms with van der Waals surface area (Å²) in [4.78, 5) is 6.73. The highest BCUT2D eigenvalue weighted by atomic mass is 127. The largest absolute Gasteiger partial charge is 0.379 e. The summed E-state index contributed by atoms with van der Waals surface area (Å²) in [5, 5.41) is 3.42. The second-order valence-electron chi connectivity index (χ2n) is 5.93. The van der Waals surface area contributed by atoms with Crippen molar-refractivity contribution in [3.8, 4) is 0 Å². The summed E-state index contributed by atoms with van der Waals surface area (Å²) in [7, 11) is 1.86. The Morgan fingerprint density at radius 2 is 2.09 bits per heavy atom. The first-order valence-corrected chi connectivity index (χ1v) is 7.97. The van der Waals surface area contributed by atoms with Gasteiger partial charge in [-0.25, -0.2) is 0 Å². The monoisotopic (exact) mass is 415 g/mol. The average molecular weight is 415 g/mol. The molecule has 122 valence electrons. The van der Waals surface area contributed by atoms with Crippen molar-refractivity contribution in [1.29, 1.82) is 0 Å². The molecule has 0 radical (unpaired) electrons. The molecule has 0 atom stereocenters. The quantitative estimate of drug-likeness (QED) is 0.348. The summed E-state index contributed by atoms with van der Waals surface area (Å²) >= 11 is 0. The molecule has 1 fully saturated rings. The Morgan fingerprint density at radius 1 is 1.32 bits per heavy atom. The Bertz CT molecular complexity index is 502. The molecule has 1 aromatic rings. The summed E-state index contributed by atoms with van der Waals surface area (Å²) in [6.07, 6.45) is 3.79. The molecule has 1 N–H and O–H groups in total. The van der Waals surface area contributed by atoms with Gasteiger partial charge in [-0.3, -0.25) is 4.99 Å². The van der Waals surface area contributed by atoms with E-state index >= 15 is 0 Å². The molecule has 0 spiro atoms. The van der Waals surface area contributed by atoms with E-state index in [9.17, 15) is 0 Å². The van der Waals surface area contributed by atoms with Crippen molar-refractivity contribution in [2.45, 2.75) is 25.8 Å². The van der Waals surface area contributed by atoms with Crippen molar-refractivity contribution in [2.24, 2.45) is 10.9 Å². The number of hydrogen-bond donors (Lipinski definition) is 1. The lowest BCUT2D eigenvalue weighted by Gasteiger charge is -2.31. The number of nitrogens with zero attached hydrogens (tertiary/aromatic N) is 2. The predicted molar refractivity (Wildman–Crippen MR) is 101 cm³/mol. The molecule has 0 aromatic heterocycles. The third-order valence-electron chi connectivity index (χ3n) is 4.22. The van der Waals surface area contributed by atoms with Gasteiger partial charge in [0.15, 0.2) is 5.96 Å². The van der Waals surface area contributed by atoms with Crippen molar-refractivity contribution in [1.82, 2.24) is 10.2 Å². The molecular formula is C17H26IN3O. The molecule has 0 amide bonds. The highest BCUT2D eigenvalue weighted by Gasteiger charge is 2.21. The normalized spacial score (nSPS) is 17.7. The number of fused-ring (bicyclic) bond motifs is 1. The van der Waals surface area contributed by atoms with Crippen LogP contribution in [0.3, 0.4) is 0 Å². The molecule has 1 aromatic carbocycles. The van der Waals surface area contributed by atoms with E-state index in [2.05, 4.69) is 39.5 Å². The molecule has 1 aliphatic heterocycles. The van der Waals surface area contributed by atoms with Gasteiger partial charge in [-0.1, -0.05) is 24.3 Å². The molecule has 1 heterocycles. The first kappa shape index (κ1) is 17.5. The van der Waals surface area contributed by atoms with Gasteiger partial charge in [0.05, 0.1) is 6.61 Å². The minimum atomic E-state index is 0. The maximum Gasteiger partial charge on any atom is 0.194 e. The van der Waals surface area contributed by atoms with Crippen LogP contribution in [0.2, 0.25) is 0 Å². The number of benzene rings is 1. The molecule has 22 heavy (non-hydrogen) atoms. The topological polar surface area (TPSA) is 36.9 Å². The van der Waals surface area contributed by atoms with Crippen LogP contribution >= 0.6 is 24.0 Å². The highest BCUT2D eigenvalue weighted by molar-refractivity contribution is 14.0. The molecule has 0 unspecified atom stereocenters. The van der Waals surface area contributed by atoms with Crippen molar-refractivity contribution in [3.63, 3.8) is 0 Å². The SMILES string of the molecule is CN=C(NCCOCC1CC1)N1CCc2ccccc2C1.I. The van der Waals surface area contributed by atoms with E-state index in [0.29, 0.717) is 0 Å². The van der Waals surface area contributed by atoms with E-state index in [4.69, 9.17) is 4.74 Å². The van der Waals surface area contributed by atoms with Crippen molar-refractivity contribution in [3.05, 3.63) is 35.4 Å². The van der Waals surface area contributed by atoms with Crippen LogP contribution in [-0.2, 0) is 17.7 Å². The molecule has 1 aliphatic carbocycles. The first-order chi connectivity index (χ1) is 10.4. The van der Waals surface area contributed by atoms with Crippen LogP contribution in [0.25, 0.3) is 0 Å². The summed E-state index contributed by atoms with van der Waals surface area (Å²) in [6.45, 7) is 4.49. The fourth-order valence-corrected chi connectivity index (χ4v) is 2.78. The second kappa shape index (κ2) is 8.72. The Kier molecular flexibility index (Phi) is 6.95. The summed E-state index contributed by atoms with van der Waals surface area (Å²) < 4.78 is 5.66. The Morgan fingerprint density at radius 3 is 2.82 bits per heavy atom. The Labute approximate surface area is 150 Å². The lowest BCUT2D eigenvalue weighted by Crippen LogP contribution is -2.44. The van der Waals surface area contributed by atoms with E-state index in [-0.39, 0.29) is 24.0 Å². The van der Waals surface area contributed by atoms with Crippen LogP contribution in [0.15, 0.2) is 29.3 Å². The second-order valence-corrected chi connectivity index (χ2v) is 5.93. The van der Waals surface area contributed by atoms with Crippen LogP contribution in [0, 0.1) is 5.92 Å². The minimum Gasteiger partial charge on any atom is -0.379 e. The zero-order valence-electron chi connectivity index (χ0n) is 13.3. The number of aliphatic imine (C=N–C) groups is 1. The molecule has 2 aliphatic rings. The third-order valence-corrected chi connectivity index (χ3v) is 4.22. The van der Waals surface area contributed by atoms with Crippen molar-refractivity contribution >= 4 is 29.9 Å². The summed E-state index contributed by atoms with van der Waals surface area (Å²) in [5.41, 5.74) is 2.88. The molecular weight excluding hydrogens is 389 g/mol. The van der Waals surface area contributed by atoms with Gasteiger partial charge in [0, 0.05) is 33.3 Å². The molecule has 0 saturated heterocycles. The van der Waals surface area contributed by atoms with Crippen molar-refractivity contribution in [2.75, 3.05) is 33.4 Å². The molecule has 1 saturated carbocycles. The van der Waals surface area contributed by atoms with Gasteiger partial charge in [0.2, 0.25) is 0 Å². The number of guanidine groups is 1. The van der Waals surface area contributed by atoms with Gasteiger partial charge in [-0.15, -0.1) is 24.0 Å². The zero-order valence-corrected chi connectivity index (χ0v) is 15.6. The van der Waals surface area contributed by atoms with Gasteiger partial charge >= 0.3 is 0 Å². The van der Waals surface area contributed by atoms with Crippen LogP contribution < -0.4 is 5.32 Å². The molecule has 0 bridgehead atoms. The van der Waals surface area contributed by atoms with Gasteiger partial charge in [-0.05, 0) is 36.3 Å². The zero-order chi connectivity index (χ0) is 14.5. The first-order valence-electron chi connectivity index (χ1n) is 7.97. The lowest BCUT2D eigenvalue weighted by atomic mass is 10.0. The Balaban J connectivity index is 0.00000176. The minimum absolute atomic E-state index is 0. The Hall–Kier alpha value is -0.820. The standard InChI is InChI=1S/C17H25N3O.HI/c1-18-17(19-9-11-21-13-14-6-7-14)20-10-8-15-4-2-3-5-16(15)12-20;/h2-5,14H,6-13H2,1H3,(H,18,19);1H. The fourth-order valence-electron chi connectivity index (χ4n) is 2.78. The number of rotatable bonds is 5. The van der Waals surface area contributed by atoms with E-state index in [1.165, 1.54) is 24.0 Å².